The van der Waals surface area contributed by atoms with E-state index in [2.05, 4.69) is 10.3 Å². The van der Waals surface area contributed by atoms with E-state index < -0.39 is 22.2 Å². The van der Waals surface area contributed by atoms with Crippen molar-refractivity contribution in [1.29, 1.82) is 0 Å². The molecule has 0 spiro atoms. The number of hydrogen-bond acceptors (Lipinski definition) is 6. The minimum Gasteiger partial charge on any atom is -0.497 e. The van der Waals surface area contributed by atoms with Gasteiger partial charge in [0.25, 0.3) is 0 Å². The Bertz CT molecular complexity index is 979. The molecule has 2 atom stereocenters. The summed E-state index contributed by atoms with van der Waals surface area (Å²) in [5.41, 5.74) is 0. The number of benzene rings is 1. The average molecular weight is 417 g/mol. The van der Waals surface area contributed by atoms with Crippen molar-refractivity contribution < 1.29 is 22.7 Å². The van der Waals surface area contributed by atoms with Crippen LogP contribution in [0.2, 0.25) is 0 Å². The number of rotatable bonds is 7. The summed E-state index contributed by atoms with van der Waals surface area (Å²) < 4.78 is 39.0. The molecular formula is C20H23N3O5S. The molecule has 2 heterocycles. The van der Waals surface area contributed by atoms with E-state index in [1.54, 1.807) is 36.7 Å². The minimum atomic E-state index is -3.91. The molecule has 8 nitrogen and oxygen atoms in total. The molecule has 1 saturated heterocycles. The predicted molar refractivity (Wildman–Crippen MR) is 105 cm³/mol. The Morgan fingerprint density at radius 1 is 1.21 bits per heavy atom. The van der Waals surface area contributed by atoms with Crippen LogP contribution in [0.4, 0.5) is 0 Å². The fraction of sp³-hybridized carbons (Fsp3) is 0.400. The zero-order valence-electron chi connectivity index (χ0n) is 16.0. The molecule has 1 aromatic heterocycles. The normalized spacial score (nSPS) is 22.2. The van der Waals surface area contributed by atoms with Crippen molar-refractivity contribution in [3.05, 3.63) is 48.8 Å². The summed E-state index contributed by atoms with van der Waals surface area (Å²) in [5, 5.41) is 2.92. The molecule has 29 heavy (non-hydrogen) atoms. The van der Waals surface area contributed by atoms with Gasteiger partial charge in [0.15, 0.2) is 0 Å². The van der Waals surface area contributed by atoms with Crippen molar-refractivity contribution in [3.8, 4) is 11.5 Å². The van der Waals surface area contributed by atoms with Gasteiger partial charge in [-0.15, -0.1) is 0 Å². The van der Waals surface area contributed by atoms with Gasteiger partial charge in [0.1, 0.15) is 23.6 Å². The van der Waals surface area contributed by atoms with E-state index in [1.165, 1.54) is 23.5 Å². The summed E-state index contributed by atoms with van der Waals surface area (Å²) >= 11 is 0. The van der Waals surface area contributed by atoms with E-state index >= 15 is 0 Å². The lowest BCUT2D eigenvalue weighted by atomic mass is 10.2. The lowest BCUT2D eigenvalue weighted by Crippen LogP contribution is -2.46. The van der Waals surface area contributed by atoms with Gasteiger partial charge in [0.2, 0.25) is 15.9 Å². The number of pyridine rings is 1. The highest BCUT2D eigenvalue weighted by Gasteiger charge is 2.46. The third-order valence-electron chi connectivity index (χ3n) is 5.03. The first-order valence-electron chi connectivity index (χ1n) is 9.50. The number of amides is 1. The van der Waals surface area contributed by atoms with Crippen molar-refractivity contribution in [2.24, 2.45) is 0 Å². The lowest BCUT2D eigenvalue weighted by molar-refractivity contribution is -0.124. The summed E-state index contributed by atoms with van der Waals surface area (Å²) in [5.74, 6) is 0.697. The number of sulfonamides is 1. The van der Waals surface area contributed by atoms with E-state index in [-0.39, 0.29) is 29.8 Å². The largest absolute Gasteiger partial charge is 0.497 e. The van der Waals surface area contributed by atoms with Crippen LogP contribution in [0.25, 0.3) is 0 Å². The molecule has 0 radical (unpaired) electrons. The molecule has 1 aliphatic heterocycles. The molecule has 2 aliphatic rings. The number of nitrogens with zero attached hydrogens (tertiary/aromatic N) is 2. The Morgan fingerprint density at radius 3 is 2.69 bits per heavy atom. The van der Waals surface area contributed by atoms with Gasteiger partial charge < -0.3 is 14.8 Å². The van der Waals surface area contributed by atoms with Crippen LogP contribution in [0.3, 0.4) is 0 Å². The Hall–Kier alpha value is -2.65. The quantitative estimate of drug-likeness (QED) is 0.735. The van der Waals surface area contributed by atoms with Crippen LogP contribution in [-0.2, 0) is 14.8 Å². The Morgan fingerprint density at radius 2 is 2.00 bits per heavy atom. The second-order valence-corrected chi connectivity index (χ2v) is 9.11. The van der Waals surface area contributed by atoms with Gasteiger partial charge in [-0.3, -0.25) is 9.78 Å². The molecule has 2 fully saturated rings. The monoisotopic (exact) mass is 417 g/mol. The van der Waals surface area contributed by atoms with Crippen molar-refractivity contribution in [1.82, 2.24) is 14.6 Å². The van der Waals surface area contributed by atoms with Gasteiger partial charge in [-0.1, -0.05) is 6.07 Å². The average Bonchev–Trinajstić information content (AvgIpc) is 3.44. The summed E-state index contributed by atoms with van der Waals surface area (Å²) in [6, 6.07) is 9.07. The molecule has 1 aliphatic carbocycles. The molecule has 4 rings (SSSR count). The second kappa shape index (κ2) is 8.00. The number of hydrogen-bond donors (Lipinski definition) is 1. The van der Waals surface area contributed by atoms with Gasteiger partial charge in [-0.25, -0.2) is 8.42 Å². The minimum absolute atomic E-state index is 0.0805. The molecule has 1 N–H and O–H groups in total. The second-order valence-electron chi connectivity index (χ2n) is 7.22. The Kier molecular flexibility index (Phi) is 5.42. The summed E-state index contributed by atoms with van der Waals surface area (Å²) in [6.45, 7) is 0.0805. The van der Waals surface area contributed by atoms with E-state index in [9.17, 15) is 13.2 Å². The Balaban J connectivity index is 1.60. The first-order chi connectivity index (χ1) is 14.0. The van der Waals surface area contributed by atoms with Crippen LogP contribution in [0.5, 0.6) is 11.5 Å². The first-order valence-corrected chi connectivity index (χ1v) is 10.9. The smallest absolute Gasteiger partial charge is 0.244 e. The molecule has 1 aromatic carbocycles. The maximum absolute atomic E-state index is 13.3. The van der Waals surface area contributed by atoms with Crippen molar-refractivity contribution in [3.63, 3.8) is 0 Å². The molecule has 1 amide bonds. The zero-order valence-corrected chi connectivity index (χ0v) is 16.8. The highest BCUT2D eigenvalue weighted by molar-refractivity contribution is 7.89. The van der Waals surface area contributed by atoms with Crippen molar-refractivity contribution >= 4 is 15.9 Å². The number of aromatic nitrogens is 1. The fourth-order valence-electron chi connectivity index (χ4n) is 3.39. The first kappa shape index (κ1) is 19.7. The van der Waals surface area contributed by atoms with E-state index in [0.29, 0.717) is 11.5 Å². The number of carbonyl (C=O) groups excluding carboxylic acids is 1. The number of nitrogens with one attached hydrogen (secondary N) is 1. The third-order valence-corrected chi connectivity index (χ3v) is 6.90. The predicted octanol–water partition coefficient (Wildman–Crippen LogP) is 1.58. The molecular weight excluding hydrogens is 394 g/mol. The van der Waals surface area contributed by atoms with Crippen LogP contribution in [0.1, 0.15) is 19.3 Å². The molecule has 0 bridgehead atoms. The third kappa shape index (κ3) is 4.35. The van der Waals surface area contributed by atoms with Gasteiger partial charge >= 0.3 is 0 Å². The van der Waals surface area contributed by atoms with Gasteiger partial charge in [0, 0.05) is 24.7 Å². The molecule has 1 saturated carbocycles. The van der Waals surface area contributed by atoms with E-state index in [1.807, 2.05) is 0 Å². The van der Waals surface area contributed by atoms with Gasteiger partial charge in [-0.2, -0.15) is 4.31 Å². The number of carbonyl (C=O) groups is 1. The van der Waals surface area contributed by atoms with Crippen LogP contribution in [-0.4, -0.2) is 55.5 Å². The fourth-order valence-corrected chi connectivity index (χ4v) is 5.05. The maximum atomic E-state index is 13.3. The zero-order chi connectivity index (χ0) is 20.4. The SMILES string of the molecule is COc1cccc(S(=O)(=O)N2C[C@@H](Oc3cccnc3)C[C@H]2C(=O)NC2CC2)c1. The maximum Gasteiger partial charge on any atom is 0.244 e. The summed E-state index contributed by atoms with van der Waals surface area (Å²) in [7, 11) is -2.43. The molecule has 0 unspecified atom stereocenters. The van der Waals surface area contributed by atoms with Crippen LogP contribution in [0, 0.1) is 0 Å². The van der Waals surface area contributed by atoms with Gasteiger partial charge in [0.05, 0.1) is 24.7 Å². The Labute approximate surface area is 169 Å². The van der Waals surface area contributed by atoms with Crippen LogP contribution >= 0.6 is 0 Å². The topological polar surface area (TPSA) is 97.8 Å². The number of ether oxygens (including phenoxy) is 2. The van der Waals surface area contributed by atoms with Crippen LogP contribution in [0.15, 0.2) is 53.7 Å². The summed E-state index contributed by atoms with van der Waals surface area (Å²) in [4.78, 5) is 16.9. The molecule has 154 valence electrons. The van der Waals surface area contributed by atoms with Gasteiger partial charge in [-0.05, 0) is 37.1 Å². The molecule has 9 heteroatoms. The standard InChI is InChI=1S/C20H23N3O5S/c1-27-15-4-2-6-18(10-15)29(25,26)23-13-17(28-16-5-3-9-21-12-16)11-19(23)20(24)22-14-7-8-14/h2-6,9-10,12,14,17,19H,7-8,11,13H2,1H3,(H,22,24)/t17-,19-/m0/s1. The van der Waals surface area contributed by atoms with Crippen molar-refractivity contribution in [2.45, 2.75) is 42.3 Å². The lowest BCUT2D eigenvalue weighted by Gasteiger charge is -2.23. The molecule has 2 aromatic rings. The summed E-state index contributed by atoms with van der Waals surface area (Å²) in [6.07, 6.45) is 4.88. The highest BCUT2D eigenvalue weighted by Crippen LogP contribution is 2.31. The van der Waals surface area contributed by atoms with E-state index in [4.69, 9.17) is 9.47 Å². The van der Waals surface area contributed by atoms with E-state index in [0.717, 1.165) is 12.8 Å². The highest BCUT2D eigenvalue weighted by atomic mass is 32.2. The van der Waals surface area contributed by atoms with Crippen molar-refractivity contribution in [2.75, 3.05) is 13.7 Å². The van der Waals surface area contributed by atoms with Crippen LogP contribution < -0.4 is 14.8 Å². The number of methoxy groups -OCH3 is 1.